The van der Waals surface area contributed by atoms with Crippen LogP contribution < -0.4 is 0 Å². The maximum absolute atomic E-state index is 2.59. The van der Waals surface area contributed by atoms with E-state index < -0.39 is 0 Å². The van der Waals surface area contributed by atoms with Crippen molar-refractivity contribution in [1.29, 1.82) is 0 Å². The second-order valence-corrected chi connectivity index (χ2v) is 33.7. The smallest absolute Gasteiger partial charge is 0.000720 e. The van der Waals surface area contributed by atoms with Gasteiger partial charge in [-0.25, -0.2) is 0 Å². The molecule has 0 atom stereocenters. The summed E-state index contributed by atoms with van der Waals surface area (Å²) in [6.07, 6.45) is 0. The van der Waals surface area contributed by atoms with Crippen LogP contribution in [0.1, 0.15) is 207 Å². The Morgan fingerprint density at radius 2 is 0.453 bits per heavy atom. The number of fused-ring (bicyclic) bond motifs is 8. The first-order valence-corrected chi connectivity index (χ1v) is 32.2. The van der Waals surface area contributed by atoms with Gasteiger partial charge < -0.3 is 0 Å². The molecule has 2 aliphatic carbocycles. The first-order chi connectivity index (χ1) is 39.7. The van der Waals surface area contributed by atoms with Gasteiger partial charge in [-0.3, -0.25) is 0 Å². The van der Waals surface area contributed by atoms with Crippen molar-refractivity contribution >= 4 is 32.3 Å². The normalized spacial score (nSPS) is 13.6. The third-order valence-corrected chi connectivity index (χ3v) is 19.8. The highest BCUT2D eigenvalue weighted by Gasteiger charge is 2.39. The Morgan fingerprint density at radius 1 is 0.198 bits per heavy atom. The number of aryl methyl sites for hydroxylation is 4. The third kappa shape index (κ3) is 9.44. The molecule has 12 rings (SSSR count). The molecule has 2 aliphatic rings. The van der Waals surface area contributed by atoms with E-state index in [0.29, 0.717) is 0 Å². The molecule has 0 aromatic heterocycles. The quantitative estimate of drug-likeness (QED) is 0.165. The van der Waals surface area contributed by atoms with Crippen molar-refractivity contribution in [3.63, 3.8) is 0 Å². The molecule has 0 N–H and O–H groups in total. The zero-order valence-electron chi connectivity index (χ0n) is 57.1. The number of hydrogen-bond acceptors (Lipinski definition) is 0. The molecular weight excluding hydrogens is 1030 g/mol. The van der Waals surface area contributed by atoms with Crippen LogP contribution in [0.25, 0.3) is 121 Å². The molecule has 0 heterocycles. The Morgan fingerprint density at radius 3 is 0.744 bits per heavy atom. The second kappa shape index (κ2) is 19.2. The maximum Gasteiger partial charge on any atom is -0.000720 e. The third-order valence-electron chi connectivity index (χ3n) is 19.8. The van der Waals surface area contributed by atoms with Crippen molar-refractivity contribution < 1.29 is 0 Å². The average Bonchev–Trinajstić information content (AvgIpc) is 1.60. The molecule has 0 bridgehead atoms. The van der Waals surface area contributed by atoms with Gasteiger partial charge in [0.25, 0.3) is 0 Å². The van der Waals surface area contributed by atoms with Crippen LogP contribution in [-0.2, 0) is 37.9 Å². The van der Waals surface area contributed by atoms with Crippen LogP contribution in [0.3, 0.4) is 0 Å². The van der Waals surface area contributed by atoms with Gasteiger partial charge in [-0.15, -0.1) is 0 Å². The number of benzene rings is 10. The molecule has 86 heavy (non-hydrogen) atoms. The lowest BCUT2D eigenvalue weighted by Gasteiger charge is -2.29. The lowest BCUT2D eigenvalue weighted by molar-refractivity contribution is 0.568. The molecule has 0 unspecified atom stereocenters. The number of rotatable bonds is 4. The maximum atomic E-state index is 2.59. The largest absolute Gasteiger partial charge is 0.0616 e. The summed E-state index contributed by atoms with van der Waals surface area (Å²) in [5, 5.41) is 8.01. The van der Waals surface area contributed by atoms with Gasteiger partial charge in [0.2, 0.25) is 0 Å². The summed E-state index contributed by atoms with van der Waals surface area (Å²) >= 11 is 0. The van der Waals surface area contributed by atoms with E-state index in [1.165, 1.54) is 183 Å². The summed E-state index contributed by atoms with van der Waals surface area (Å²) < 4.78 is 0. The predicted octanol–water partition coefficient (Wildman–Crippen LogP) is 25.4. The molecule has 0 heteroatoms. The van der Waals surface area contributed by atoms with Crippen molar-refractivity contribution in [3.05, 3.63) is 189 Å². The molecule has 0 fully saturated rings. The first-order valence-electron chi connectivity index (χ1n) is 32.2. The van der Waals surface area contributed by atoms with Crippen LogP contribution in [-0.4, -0.2) is 0 Å². The van der Waals surface area contributed by atoms with Crippen molar-refractivity contribution in [2.75, 3.05) is 0 Å². The van der Waals surface area contributed by atoms with Gasteiger partial charge in [0.05, 0.1) is 0 Å². The van der Waals surface area contributed by atoms with E-state index in [1.54, 1.807) is 0 Å². The first kappa shape index (κ1) is 59.3. The van der Waals surface area contributed by atoms with Crippen molar-refractivity contribution in [2.24, 2.45) is 0 Å². The minimum atomic E-state index is -0.0795. The molecule has 440 valence electrons. The molecular formula is C86H96. The lowest BCUT2D eigenvalue weighted by atomic mass is 9.74. The van der Waals surface area contributed by atoms with Gasteiger partial charge in [0, 0.05) is 0 Å². The molecule has 0 spiro atoms. The fraction of sp³-hybridized carbons (Fsp3) is 0.372. The molecule has 0 aliphatic heterocycles. The summed E-state index contributed by atoms with van der Waals surface area (Å²) in [5.74, 6) is 0. The summed E-state index contributed by atoms with van der Waals surface area (Å²) in [6.45, 7) is 59.4. The van der Waals surface area contributed by atoms with Crippen LogP contribution in [0.15, 0.2) is 127 Å². The van der Waals surface area contributed by atoms with E-state index in [-0.39, 0.29) is 37.9 Å². The molecule has 0 radical (unpaired) electrons. The standard InChI is InChI=1S/C86H96/c1-47-36-54(81(8,9)10)37-48(2)68(47)74-60-28-26-27-29-61(60)75(69-49(3)38-55(39-50(69)4)82(11,12)13)79-66-35-33-64-72-63(32-34-65(73(66)72)78(74)79)76-70(51-40-56(83(14,15)16)44-57(41-51)84(17,18)19)62-31-30-53(80(5,6)7)46-67(62)71(77(64)76)52-42-58(85(20,21)22)45-59(43-52)86(23,24)25/h26-46H,1-25H3. The van der Waals surface area contributed by atoms with Gasteiger partial charge >= 0.3 is 0 Å². The fourth-order valence-electron chi connectivity index (χ4n) is 14.8. The zero-order valence-corrected chi connectivity index (χ0v) is 57.1. The molecule has 0 saturated heterocycles. The highest BCUT2D eigenvalue weighted by Crippen LogP contribution is 2.65. The van der Waals surface area contributed by atoms with E-state index in [4.69, 9.17) is 0 Å². The van der Waals surface area contributed by atoms with E-state index in [0.717, 1.165) is 0 Å². The summed E-state index contributed by atoms with van der Waals surface area (Å²) in [5.41, 5.74) is 36.0. The van der Waals surface area contributed by atoms with Crippen LogP contribution in [0.5, 0.6) is 0 Å². The Hall–Kier alpha value is -7.02. The Labute approximate surface area is 517 Å². The Kier molecular flexibility index (Phi) is 13.3. The molecule has 10 aromatic rings. The van der Waals surface area contributed by atoms with Crippen LogP contribution >= 0.6 is 0 Å². The Bertz CT molecular complexity index is 4310. The summed E-state index contributed by atoms with van der Waals surface area (Å²) in [7, 11) is 0. The molecule has 0 amide bonds. The van der Waals surface area contributed by atoms with Crippen molar-refractivity contribution in [2.45, 2.75) is 211 Å². The molecule has 10 aromatic carbocycles. The molecule has 0 saturated carbocycles. The Balaban J connectivity index is 1.32. The highest BCUT2D eigenvalue weighted by atomic mass is 14.4. The monoisotopic (exact) mass is 1130 g/mol. The highest BCUT2D eigenvalue weighted by molar-refractivity contribution is 6.35. The fourth-order valence-corrected chi connectivity index (χ4v) is 14.8. The van der Waals surface area contributed by atoms with Gasteiger partial charge in [-0.2, -0.15) is 0 Å². The summed E-state index contributed by atoms with van der Waals surface area (Å²) in [4.78, 5) is 0. The zero-order chi connectivity index (χ0) is 62.4. The van der Waals surface area contributed by atoms with Gasteiger partial charge in [-0.1, -0.05) is 267 Å². The number of hydrogen-bond donors (Lipinski definition) is 0. The second-order valence-electron chi connectivity index (χ2n) is 33.7. The van der Waals surface area contributed by atoms with Crippen LogP contribution in [0.2, 0.25) is 0 Å². The topological polar surface area (TPSA) is 0 Å². The minimum absolute atomic E-state index is 0.0106. The lowest BCUT2D eigenvalue weighted by Crippen LogP contribution is -2.17. The van der Waals surface area contributed by atoms with E-state index in [2.05, 4.69) is 300 Å². The van der Waals surface area contributed by atoms with Crippen molar-refractivity contribution in [3.8, 4) is 89.0 Å². The van der Waals surface area contributed by atoms with Crippen LogP contribution in [0, 0.1) is 27.7 Å². The van der Waals surface area contributed by atoms with E-state index >= 15 is 0 Å². The van der Waals surface area contributed by atoms with E-state index in [9.17, 15) is 0 Å². The van der Waals surface area contributed by atoms with Gasteiger partial charge in [-0.05, 0) is 254 Å². The minimum Gasteiger partial charge on any atom is -0.0616 e. The van der Waals surface area contributed by atoms with Crippen LogP contribution in [0.4, 0.5) is 0 Å². The van der Waals surface area contributed by atoms with Gasteiger partial charge in [0.1, 0.15) is 0 Å². The van der Waals surface area contributed by atoms with Crippen molar-refractivity contribution in [1.82, 2.24) is 0 Å². The SMILES string of the molecule is Cc1cc(C(C)(C)C)cc(C)c1-c1c2c(c(-c3c(C)cc(C(C)(C)C)cc3C)c3ccccc13)-c1ccc3c4c(ccc-2c14)-c1c-3c(-c2cc(C(C)(C)C)cc(C(C)(C)C)c2)c2cc(C(C)(C)C)ccc2c1-c1cc(C(C)(C)C)cc(C(C)(C)C)c1. The molecule has 0 nitrogen and oxygen atoms in total. The predicted molar refractivity (Wildman–Crippen MR) is 379 cm³/mol. The summed E-state index contributed by atoms with van der Waals surface area (Å²) in [6, 6.07) is 52.4. The van der Waals surface area contributed by atoms with E-state index in [1.807, 2.05) is 0 Å². The van der Waals surface area contributed by atoms with Gasteiger partial charge in [0.15, 0.2) is 0 Å². The average molecular weight is 1130 g/mol.